The van der Waals surface area contributed by atoms with Crippen LogP contribution in [0.25, 0.3) is 0 Å². The van der Waals surface area contributed by atoms with E-state index in [1.54, 1.807) is 11.9 Å². The lowest BCUT2D eigenvalue weighted by Gasteiger charge is -2.44. The van der Waals surface area contributed by atoms with Crippen molar-refractivity contribution >= 4 is 0 Å². The molecular formula is C9H15F2NO2. The Labute approximate surface area is 81.3 Å². The lowest BCUT2D eigenvalue weighted by Crippen LogP contribution is -2.60. The molecule has 1 saturated carbocycles. The van der Waals surface area contributed by atoms with Crippen molar-refractivity contribution < 1.29 is 19.0 Å². The average Bonchev–Trinajstić information content (AvgIpc) is 2.83. The summed E-state index contributed by atoms with van der Waals surface area (Å²) in [6, 6.07) is 0. The third kappa shape index (κ3) is 1.26. The van der Waals surface area contributed by atoms with E-state index in [1.807, 2.05) is 0 Å². The van der Waals surface area contributed by atoms with E-state index in [0.717, 1.165) is 0 Å². The highest BCUT2D eigenvalue weighted by atomic mass is 19.3. The minimum atomic E-state index is -2.56. The molecule has 5 heteroatoms. The van der Waals surface area contributed by atoms with E-state index in [0.29, 0.717) is 12.8 Å². The summed E-state index contributed by atoms with van der Waals surface area (Å²) in [5.41, 5.74) is -0.549. The van der Waals surface area contributed by atoms with Gasteiger partial charge in [0.15, 0.2) is 0 Å². The number of likely N-dealkylation sites (tertiary alicyclic amines) is 1. The van der Waals surface area contributed by atoms with Gasteiger partial charge in [0.1, 0.15) is 0 Å². The Bertz CT molecular complexity index is 233. The number of hydrogen-bond acceptors (Lipinski definition) is 3. The Morgan fingerprint density at radius 1 is 1.36 bits per heavy atom. The fourth-order valence-corrected chi connectivity index (χ4v) is 2.61. The first-order chi connectivity index (χ1) is 6.49. The predicted molar refractivity (Wildman–Crippen MR) is 46.1 cm³/mol. The second-order valence-corrected chi connectivity index (χ2v) is 4.40. The third-order valence-electron chi connectivity index (χ3n) is 3.64. The zero-order chi connectivity index (χ0) is 10.5. The average molecular weight is 207 g/mol. The van der Waals surface area contributed by atoms with Gasteiger partial charge in [-0.05, 0) is 19.9 Å². The largest absolute Gasteiger partial charge is 0.390 e. The first-order valence-corrected chi connectivity index (χ1v) is 4.84. The molecule has 3 atom stereocenters. The smallest absolute Gasteiger partial charge is 0.245 e. The van der Waals surface area contributed by atoms with Gasteiger partial charge in [0, 0.05) is 12.1 Å². The van der Waals surface area contributed by atoms with E-state index in [9.17, 15) is 19.0 Å². The molecule has 2 fully saturated rings. The number of piperidine rings is 1. The second kappa shape index (κ2) is 3.12. The van der Waals surface area contributed by atoms with Crippen LogP contribution in [0, 0.1) is 5.92 Å². The number of β-amino-alcohol motifs (C(OH)–C–C–N with tert-alkyl or cyclic N) is 1. The molecular weight excluding hydrogens is 192 g/mol. The highest BCUT2D eigenvalue weighted by molar-refractivity contribution is 5.14. The van der Waals surface area contributed by atoms with Crippen molar-refractivity contribution in [3.63, 3.8) is 0 Å². The number of hydrogen-bond donors (Lipinski definition) is 2. The van der Waals surface area contributed by atoms with Crippen molar-refractivity contribution in [1.29, 1.82) is 0 Å². The van der Waals surface area contributed by atoms with Crippen LogP contribution in [0.5, 0.6) is 0 Å². The van der Waals surface area contributed by atoms with Crippen LogP contribution in [0.1, 0.15) is 12.8 Å². The highest BCUT2D eigenvalue weighted by Gasteiger charge is 2.62. The van der Waals surface area contributed by atoms with Gasteiger partial charge in [-0.25, -0.2) is 8.78 Å². The number of alkyl halides is 2. The molecule has 2 aliphatic rings. The quantitative estimate of drug-likeness (QED) is 0.639. The van der Waals surface area contributed by atoms with E-state index < -0.39 is 30.1 Å². The van der Waals surface area contributed by atoms with Gasteiger partial charge in [-0.1, -0.05) is 0 Å². The summed E-state index contributed by atoms with van der Waals surface area (Å²) < 4.78 is 25.5. The van der Waals surface area contributed by atoms with Crippen LogP contribution in [0.15, 0.2) is 0 Å². The Balaban J connectivity index is 2.23. The van der Waals surface area contributed by atoms with E-state index in [-0.39, 0.29) is 6.54 Å². The molecule has 0 aromatic rings. The zero-order valence-electron chi connectivity index (χ0n) is 8.03. The fourth-order valence-electron chi connectivity index (χ4n) is 2.61. The molecule has 0 bridgehead atoms. The summed E-state index contributed by atoms with van der Waals surface area (Å²) in [6.45, 7) is 0.282. The van der Waals surface area contributed by atoms with Gasteiger partial charge >= 0.3 is 0 Å². The second-order valence-electron chi connectivity index (χ2n) is 4.40. The number of rotatable bonds is 1. The molecule has 0 amide bonds. The van der Waals surface area contributed by atoms with Crippen LogP contribution >= 0.6 is 0 Å². The molecule has 1 heterocycles. The minimum absolute atomic E-state index is 0.282. The SMILES string of the molecule is CN1CC(O)C(O)C(C(F)F)C12CC2. The van der Waals surface area contributed by atoms with Crippen LogP contribution in [-0.4, -0.2) is 52.9 Å². The van der Waals surface area contributed by atoms with Gasteiger partial charge in [-0.2, -0.15) is 0 Å². The maximum absolute atomic E-state index is 12.8. The Kier molecular flexibility index (Phi) is 2.28. The lowest BCUT2D eigenvalue weighted by atomic mass is 9.83. The van der Waals surface area contributed by atoms with Gasteiger partial charge in [0.05, 0.1) is 18.1 Å². The molecule has 3 nitrogen and oxygen atoms in total. The molecule has 0 aromatic heterocycles. The molecule has 1 aliphatic carbocycles. The van der Waals surface area contributed by atoms with Crippen LogP contribution < -0.4 is 0 Å². The van der Waals surface area contributed by atoms with Gasteiger partial charge in [-0.3, -0.25) is 4.90 Å². The van der Waals surface area contributed by atoms with Crippen molar-refractivity contribution in [2.24, 2.45) is 5.92 Å². The van der Waals surface area contributed by atoms with E-state index in [2.05, 4.69) is 0 Å². The molecule has 1 saturated heterocycles. The van der Waals surface area contributed by atoms with Gasteiger partial charge in [0.2, 0.25) is 6.43 Å². The summed E-state index contributed by atoms with van der Waals surface area (Å²) in [7, 11) is 1.73. The maximum atomic E-state index is 12.8. The predicted octanol–water partition coefficient (Wildman–Crippen LogP) is 0.0675. The summed E-state index contributed by atoms with van der Waals surface area (Å²) in [5.74, 6) is -1.10. The summed E-state index contributed by atoms with van der Waals surface area (Å²) in [5, 5.41) is 18.9. The normalized spacial score (nSPS) is 42.0. The molecule has 2 rings (SSSR count). The van der Waals surface area contributed by atoms with E-state index in [1.165, 1.54) is 0 Å². The van der Waals surface area contributed by atoms with Crippen LogP contribution in [0.3, 0.4) is 0 Å². The summed E-state index contributed by atoms with van der Waals surface area (Å²) in [4.78, 5) is 1.77. The highest BCUT2D eigenvalue weighted by Crippen LogP contribution is 2.53. The molecule has 0 aromatic carbocycles. The van der Waals surface area contributed by atoms with Gasteiger partial charge in [0.25, 0.3) is 0 Å². The van der Waals surface area contributed by atoms with E-state index >= 15 is 0 Å². The number of likely N-dealkylation sites (N-methyl/N-ethyl adjacent to an activating group) is 1. The first kappa shape index (κ1) is 10.3. The van der Waals surface area contributed by atoms with Crippen LogP contribution in [-0.2, 0) is 0 Å². The Hall–Kier alpha value is -0.260. The summed E-state index contributed by atoms with van der Waals surface area (Å²) in [6.07, 6.45) is -3.51. The number of aliphatic hydroxyl groups is 2. The zero-order valence-corrected chi connectivity index (χ0v) is 8.03. The third-order valence-corrected chi connectivity index (χ3v) is 3.64. The van der Waals surface area contributed by atoms with Crippen molar-refractivity contribution in [3.05, 3.63) is 0 Å². The van der Waals surface area contributed by atoms with Crippen molar-refractivity contribution in [2.75, 3.05) is 13.6 Å². The minimum Gasteiger partial charge on any atom is -0.390 e. The summed E-state index contributed by atoms with van der Waals surface area (Å²) >= 11 is 0. The molecule has 82 valence electrons. The first-order valence-electron chi connectivity index (χ1n) is 4.84. The topological polar surface area (TPSA) is 43.7 Å². The van der Waals surface area contributed by atoms with Gasteiger partial charge in [-0.15, -0.1) is 0 Å². The Morgan fingerprint density at radius 2 is 1.93 bits per heavy atom. The van der Waals surface area contributed by atoms with Crippen molar-refractivity contribution in [2.45, 2.75) is 37.0 Å². The van der Waals surface area contributed by atoms with E-state index in [4.69, 9.17) is 0 Å². The number of aliphatic hydroxyl groups excluding tert-OH is 2. The maximum Gasteiger partial charge on any atom is 0.245 e. The van der Waals surface area contributed by atoms with Crippen LogP contribution in [0.4, 0.5) is 8.78 Å². The Morgan fingerprint density at radius 3 is 2.36 bits per heavy atom. The number of halogens is 2. The molecule has 2 N–H and O–H groups in total. The van der Waals surface area contributed by atoms with Crippen molar-refractivity contribution in [1.82, 2.24) is 4.90 Å². The van der Waals surface area contributed by atoms with Gasteiger partial charge < -0.3 is 10.2 Å². The molecule has 14 heavy (non-hydrogen) atoms. The molecule has 1 aliphatic heterocycles. The van der Waals surface area contributed by atoms with Crippen LogP contribution in [0.2, 0.25) is 0 Å². The standard InChI is InChI=1S/C9H15F2NO2/c1-12-4-5(13)7(14)6(8(10)11)9(12)2-3-9/h5-8,13-14H,2-4H2,1H3. The van der Waals surface area contributed by atoms with Crippen molar-refractivity contribution in [3.8, 4) is 0 Å². The molecule has 1 spiro atoms. The monoisotopic (exact) mass is 207 g/mol. The molecule has 0 radical (unpaired) electrons. The lowest BCUT2D eigenvalue weighted by molar-refractivity contribution is -0.145. The fraction of sp³-hybridized carbons (Fsp3) is 1.00. The number of nitrogens with zero attached hydrogens (tertiary/aromatic N) is 1. The molecule has 3 unspecified atom stereocenters.